The van der Waals surface area contributed by atoms with Crippen LogP contribution in [0.15, 0.2) is 22.7 Å². The van der Waals surface area contributed by atoms with Crippen LogP contribution < -0.4 is 5.46 Å². The molecule has 0 aliphatic heterocycles. The van der Waals surface area contributed by atoms with Crippen molar-refractivity contribution in [1.82, 2.24) is 0 Å². The molecule has 0 N–H and O–H groups in total. The molecule has 2 radical (unpaired) electrons. The molecule has 0 unspecified atom stereocenters. The summed E-state index contributed by atoms with van der Waals surface area (Å²) in [6, 6.07) is 5.38. The first-order chi connectivity index (χ1) is 4.22. The van der Waals surface area contributed by atoms with Crippen molar-refractivity contribution in [1.29, 1.82) is 0 Å². The topological polar surface area (TPSA) is 0 Å². The predicted octanol–water partition coefficient (Wildman–Crippen LogP) is 1.90. The Morgan fingerprint density at radius 2 is 2.11 bits per heavy atom. The molecule has 0 aliphatic carbocycles. The summed E-state index contributed by atoms with van der Waals surface area (Å²) in [6.07, 6.45) is 0. The summed E-state index contributed by atoms with van der Waals surface area (Å²) >= 11 is 8.91. The number of hydrogen-bond donors (Lipinski definition) is 0. The van der Waals surface area contributed by atoms with Gasteiger partial charge in [-0.1, -0.05) is 29.2 Å². The number of hydrogen-bond acceptors (Lipinski definition) is 0. The van der Waals surface area contributed by atoms with Gasteiger partial charge in [0.2, 0.25) is 0 Å². The van der Waals surface area contributed by atoms with Gasteiger partial charge in [-0.25, -0.2) is 0 Å². The van der Waals surface area contributed by atoms with Crippen molar-refractivity contribution in [3.63, 3.8) is 0 Å². The molecule has 0 fully saturated rings. The first-order valence-electron chi connectivity index (χ1n) is 2.41. The maximum Gasteiger partial charge on any atom is 0.115 e. The van der Waals surface area contributed by atoms with Crippen LogP contribution in [0.2, 0.25) is 5.02 Å². The molecule has 44 valence electrons. The van der Waals surface area contributed by atoms with Gasteiger partial charge in [0.05, 0.1) is 5.02 Å². The molecule has 0 atom stereocenters. The molecule has 0 saturated heterocycles. The van der Waals surface area contributed by atoms with E-state index < -0.39 is 0 Å². The van der Waals surface area contributed by atoms with Crippen molar-refractivity contribution in [2.75, 3.05) is 0 Å². The third-order valence-corrected chi connectivity index (χ3v) is 2.41. The third-order valence-electron chi connectivity index (χ3n) is 0.981. The van der Waals surface area contributed by atoms with Crippen LogP contribution in [0.5, 0.6) is 0 Å². The first-order valence-corrected chi connectivity index (χ1v) is 3.58. The minimum Gasteiger partial charge on any atom is -0.0831 e. The fraction of sp³-hybridized carbons (Fsp3) is 0. The standard InChI is InChI=1S/C6H3BBrCl/c7-4-2-1-3-5(9)6(4)8/h1-3H. The van der Waals surface area contributed by atoms with Crippen LogP contribution in [-0.4, -0.2) is 7.85 Å². The van der Waals surface area contributed by atoms with Crippen molar-refractivity contribution in [3.8, 4) is 0 Å². The number of rotatable bonds is 0. The Morgan fingerprint density at radius 3 is 2.56 bits per heavy atom. The van der Waals surface area contributed by atoms with E-state index in [1.54, 1.807) is 12.1 Å². The van der Waals surface area contributed by atoms with E-state index in [4.69, 9.17) is 19.4 Å². The van der Waals surface area contributed by atoms with E-state index >= 15 is 0 Å². The molecule has 0 nitrogen and oxygen atoms in total. The first kappa shape index (κ1) is 7.17. The lowest BCUT2D eigenvalue weighted by molar-refractivity contribution is 1.71. The molecule has 0 aromatic heterocycles. The average molecular weight is 201 g/mol. The minimum absolute atomic E-state index is 0.648. The fourth-order valence-electron chi connectivity index (χ4n) is 0.520. The summed E-state index contributed by atoms with van der Waals surface area (Å²) in [7, 11) is 5.49. The second-order valence-corrected chi connectivity index (χ2v) is 2.84. The molecule has 0 bridgehead atoms. The van der Waals surface area contributed by atoms with Gasteiger partial charge in [0.25, 0.3) is 0 Å². The van der Waals surface area contributed by atoms with E-state index in [-0.39, 0.29) is 0 Å². The van der Waals surface area contributed by atoms with Gasteiger partial charge in [0.15, 0.2) is 0 Å². The van der Waals surface area contributed by atoms with E-state index in [1.165, 1.54) is 0 Å². The molecule has 0 spiro atoms. The zero-order valence-electron chi connectivity index (χ0n) is 4.57. The molecule has 1 rings (SSSR count). The van der Waals surface area contributed by atoms with E-state index in [2.05, 4.69) is 15.9 Å². The molecule has 0 heterocycles. The smallest absolute Gasteiger partial charge is 0.0831 e. The zero-order valence-corrected chi connectivity index (χ0v) is 6.91. The fourth-order valence-corrected chi connectivity index (χ4v) is 0.967. The third kappa shape index (κ3) is 1.49. The molecule has 0 aliphatic rings. The highest BCUT2D eigenvalue weighted by Gasteiger charge is 1.95. The van der Waals surface area contributed by atoms with Crippen molar-refractivity contribution in [3.05, 3.63) is 27.7 Å². The Balaban J connectivity index is 3.25. The van der Waals surface area contributed by atoms with Crippen LogP contribution >= 0.6 is 27.5 Å². The van der Waals surface area contributed by atoms with Crippen molar-refractivity contribution >= 4 is 40.8 Å². The van der Waals surface area contributed by atoms with Gasteiger partial charge in [0.1, 0.15) is 7.85 Å². The monoisotopic (exact) mass is 200 g/mol. The molecular weight excluding hydrogens is 198 g/mol. The lowest BCUT2D eigenvalue weighted by Crippen LogP contribution is -2.02. The quantitative estimate of drug-likeness (QED) is 0.562. The molecule has 9 heavy (non-hydrogen) atoms. The van der Waals surface area contributed by atoms with E-state index in [1.807, 2.05) is 6.07 Å². The van der Waals surface area contributed by atoms with Crippen LogP contribution in [0.4, 0.5) is 0 Å². The molecule has 1 aromatic rings. The van der Waals surface area contributed by atoms with Gasteiger partial charge >= 0.3 is 0 Å². The van der Waals surface area contributed by atoms with Crippen LogP contribution in [-0.2, 0) is 0 Å². The van der Waals surface area contributed by atoms with Gasteiger partial charge < -0.3 is 0 Å². The summed E-state index contributed by atoms with van der Waals surface area (Å²) in [5, 5.41) is 0.648. The van der Waals surface area contributed by atoms with Gasteiger partial charge in [0, 0.05) is 4.47 Å². The average Bonchev–Trinajstić information content (AvgIpc) is 1.83. The largest absolute Gasteiger partial charge is 0.115 e. The van der Waals surface area contributed by atoms with Crippen molar-refractivity contribution in [2.24, 2.45) is 0 Å². The van der Waals surface area contributed by atoms with Crippen molar-refractivity contribution < 1.29 is 0 Å². The number of benzene rings is 1. The van der Waals surface area contributed by atoms with Gasteiger partial charge in [-0.15, -0.1) is 0 Å². The Morgan fingerprint density at radius 1 is 1.44 bits per heavy atom. The van der Waals surface area contributed by atoms with E-state index in [9.17, 15) is 0 Å². The summed E-state index contributed by atoms with van der Waals surface area (Å²) in [4.78, 5) is 0. The molecule has 3 heteroatoms. The second kappa shape index (κ2) is 2.76. The lowest BCUT2D eigenvalue weighted by Gasteiger charge is -1.97. The maximum absolute atomic E-state index is 5.69. The minimum atomic E-state index is 0.648. The highest BCUT2D eigenvalue weighted by atomic mass is 79.9. The van der Waals surface area contributed by atoms with Crippen molar-refractivity contribution in [2.45, 2.75) is 0 Å². The van der Waals surface area contributed by atoms with Crippen LogP contribution in [0.3, 0.4) is 0 Å². The summed E-state index contributed by atoms with van der Waals surface area (Å²) in [5.41, 5.74) is 0.669. The van der Waals surface area contributed by atoms with Gasteiger partial charge in [-0.05, 0) is 22.0 Å². The highest BCUT2D eigenvalue weighted by molar-refractivity contribution is 9.10. The van der Waals surface area contributed by atoms with Gasteiger partial charge in [-0.3, -0.25) is 0 Å². The highest BCUT2D eigenvalue weighted by Crippen LogP contribution is 2.17. The Bertz CT molecular complexity index is 204. The van der Waals surface area contributed by atoms with Gasteiger partial charge in [-0.2, -0.15) is 0 Å². The normalized spacial score (nSPS) is 9.56. The Kier molecular flexibility index (Phi) is 2.20. The summed E-state index contributed by atoms with van der Waals surface area (Å²) in [5.74, 6) is 0. The molecule has 0 amide bonds. The zero-order chi connectivity index (χ0) is 6.85. The Hall–Kier alpha value is 0.0549. The molecular formula is C6H3BBrCl. The lowest BCUT2D eigenvalue weighted by atomic mass is 9.97. The summed E-state index contributed by atoms with van der Waals surface area (Å²) < 4.78 is 0.770. The second-order valence-electron chi connectivity index (χ2n) is 1.64. The van der Waals surface area contributed by atoms with Crippen LogP contribution in [0.25, 0.3) is 0 Å². The maximum atomic E-state index is 5.69. The van der Waals surface area contributed by atoms with E-state index in [0.717, 1.165) is 4.47 Å². The van der Waals surface area contributed by atoms with Crippen LogP contribution in [0.1, 0.15) is 0 Å². The number of halogens is 2. The Labute approximate surface area is 68.8 Å². The van der Waals surface area contributed by atoms with E-state index in [0.29, 0.717) is 10.5 Å². The summed E-state index contributed by atoms with van der Waals surface area (Å²) in [6.45, 7) is 0. The van der Waals surface area contributed by atoms with Crippen LogP contribution in [0, 0.1) is 0 Å². The molecule has 0 saturated carbocycles. The molecule has 1 aromatic carbocycles. The predicted molar refractivity (Wildman–Crippen MR) is 44.5 cm³/mol. The SMILES string of the molecule is [B]c1cccc(Cl)c1Br.